The van der Waals surface area contributed by atoms with Crippen LogP contribution in [0.4, 0.5) is 0 Å². The van der Waals surface area contributed by atoms with E-state index in [9.17, 15) is 4.79 Å². The molecule has 1 heterocycles. The molecule has 0 N–H and O–H groups in total. The summed E-state index contributed by atoms with van der Waals surface area (Å²) in [7, 11) is 0. The first-order valence-electron chi connectivity index (χ1n) is 4.71. The number of rotatable bonds is 6. The van der Waals surface area contributed by atoms with Gasteiger partial charge in [0.2, 0.25) is 5.78 Å². The van der Waals surface area contributed by atoms with Gasteiger partial charge in [0, 0.05) is 6.61 Å². The summed E-state index contributed by atoms with van der Waals surface area (Å²) >= 11 is 1.16. The van der Waals surface area contributed by atoms with Gasteiger partial charge in [-0.1, -0.05) is 17.8 Å². The largest absolute Gasteiger partial charge is 0.374 e. The minimum atomic E-state index is -0.00898. The van der Waals surface area contributed by atoms with Crippen molar-refractivity contribution in [1.29, 1.82) is 0 Å². The summed E-state index contributed by atoms with van der Waals surface area (Å²) in [5.41, 5.74) is 0.808. The van der Waals surface area contributed by atoms with Gasteiger partial charge in [0.1, 0.15) is 11.5 Å². The number of hydrogen-bond donors (Lipinski definition) is 0. The molecule has 78 valence electrons. The normalized spacial score (nSPS) is 10.4. The summed E-state index contributed by atoms with van der Waals surface area (Å²) < 4.78 is 8.84. The summed E-state index contributed by atoms with van der Waals surface area (Å²) in [5, 5.41) is 3.93. The zero-order valence-corrected chi connectivity index (χ0v) is 9.26. The molecule has 0 radical (unpaired) electrons. The van der Waals surface area contributed by atoms with E-state index in [4.69, 9.17) is 4.74 Å². The molecular weight excluding hydrogens is 200 g/mol. The van der Waals surface area contributed by atoms with Crippen LogP contribution in [-0.2, 0) is 11.2 Å². The van der Waals surface area contributed by atoms with Gasteiger partial charge < -0.3 is 4.74 Å². The summed E-state index contributed by atoms with van der Waals surface area (Å²) in [6, 6.07) is 0. The Morgan fingerprint density at radius 2 is 2.29 bits per heavy atom. The van der Waals surface area contributed by atoms with E-state index >= 15 is 0 Å². The maximum absolute atomic E-state index is 11.6. The Morgan fingerprint density at radius 3 is 2.93 bits per heavy atom. The minimum absolute atomic E-state index is 0.00898. The number of nitrogens with zero attached hydrogens (tertiary/aromatic N) is 2. The molecule has 0 aliphatic rings. The van der Waals surface area contributed by atoms with Gasteiger partial charge in [0.05, 0.1) is 5.69 Å². The Balaban J connectivity index is 2.63. The Labute approximate surface area is 87.5 Å². The van der Waals surface area contributed by atoms with Gasteiger partial charge in [-0.25, -0.2) is 0 Å². The molecular formula is C9H14N2O2S. The summed E-state index contributed by atoms with van der Waals surface area (Å²) in [4.78, 5) is 12.2. The summed E-state index contributed by atoms with van der Waals surface area (Å²) in [6.07, 6.45) is 1.78. The smallest absolute Gasteiger partial charge is 0.201 e. The van der Waals surface area contributed by atoms with Crippen LogP contribution in [0.25, 0.3) is 0 Å². The first-order valence-corrected chi connectivity index (χ1v) is 5.49. The fourth-order valence-corrected chi connectivity index (χ4v) is 1.71. The standard InChI is InChI=1S/C9H14N2O2S/c1-3-5-7-9(14-11-10-7)8(12)6-13-4-2/h3-6H2,1-2H3. The van der Waals surface area contributed by atoms with Gasteiger partial charge in [0.25, 0.3) is 0 Å². The molecule has 0 amide bonds. The SMILES string of the molecule is CCCc1nnsc1C(=O)COCC. The molecule has 1 aromatic rings. The zero-order chi connectivity index (χ0) is 10.4. The van der Waals surface area contributed by atoms with Gasteiger partial charge in [-0.15, -0.1) is 5.10 Å². The van der Waals surface area contributed by atoms with Crippen LogP contribution in [0.2, 0.25) is 0 Å². The lowest BCUT2D eigenvalue weighted by Gasteiger charge is -1.99. The fourth-order valence-electron chi connectivity index (χ4n) is 1.08. The van der Waals surface area contributed by atoms with E-state index in [0.717, 1.165) is 30.1 Å². The average molecular weight is 214 g/mol. The number of ether oxygens (including phenoxy) is 1. The van der Waals surface area contributed by atoms with Crippen molar-refractivity contribution in [3.8, 4) is 0 Å². The highest BCUT2D eigenvalue weighted by Crippen LogP contribution is 2.13. The van der Waals surface area contributed by atoms with Gasteiger partial charge in [-0.05, 0) is 24.9 Å². The van der Waals surface area contributed by atoms with Gasteiger partial charge in [-0.3, -0.25) is 4.79 Å². The van der Waals surface area contributed by atoms with Crippen LogP contribution < -0.4 is 0 Å². The van der Waals surface area contributed by atoms with Crippen molar-refractivity contribution < 1.29 is 9.53 Å². The summed E-state index contributed by atoms with van der Waals surface area (Å²) in [5.74, 6) is -0.00898. The molecule has 0 aliphatic heterocycles. The number of ketones is 1. The second-order valence-corrected chi connectivity index (χ2v) is 3.61. The number of Topliss-reactive ketones (excluding diaryl/α,β-unsaturated/α-hetero) is 1. The van der Waals surface area contributed by atoms with Gasteiger partial charge >= 0.3 is 0 Å². The quantitative estimate of drug-likeness (QED) is 0.676. The van der Waals surface area contributed by atoms with Crippen LogP contribution in [0.15, 0.2) is 0 Å². The first-order chi connectivity index (χ1) is 6.79. The molecule has 1 rings (SSSR count). The van der Waals surface area contributed by atoms with Crippen molar-refractivity contribution >= 4 is 17.3 Å². The lowest BCUT2D eigenvalue weighted by atomic mass is 10.2. The molecule has 4 nitrogen and oxygen atoms in total. The fraction of sp³-hybridized carbons (Fsp3) is 0.667. The van der Waals surface area contributed by atoms with E-state index in [1.54, 1.807) is 0 Å². The average Bonchev–Trinajstić information content (AvgIpc) is 2.63. The second kappa shape index (κ2) is 5.82. The van der Waals surface area contributed by atoms with E-state index < -0.39 is 0 Å². The van der Waals surface area contributed by atoms with Crippen LogP contribution >= 0.6 is 11.5 Å². The maximum atomic E-state index is 11.6. The van der Waals surface area contributed by atoms with E-state index in [1.807, 2.05) is 6.92 Å². The molecule has 0 atom stereocenters. The highest BCUT2D eigenvalue weighted by atomic mass is 32.1. The molecule has 0 saturated heterocycles. The van der Waals surface area contributed by atoms with E-state index in [2.05, 4.69) is 16.5 Å². The molecule has 0 saturated carbocycles. The van der Waals surface area contributed by atoms with Crippen LogP contribution in [0, 0.1) is 0 Å². The summed E-state index contributed by atoms with van der Waals surface area (Å²) in [6.45, 7) is 4.61. The van der Waals surface area contributed by atoms with E-state index in [1.165, 1.54) is 0 Å². The Kier molecular flexibility index (Phi) is 4.69. The Morgan fingerprint density at radius 1 is 1.50 bits per heavy atom. The van der Waals surface area contributed by atoms with Crippen molar-refractivity contribution in [2.24, 2.45) is 0 Å². The van der Waals surface area contributed by atoms with Crippen LogP contribution in [0.1, 0.15) is 35.6 Å². The lowest BCUT2D eigenvalue weighted by molar-refractivity contribution is 0.0786. The highest BCUT2D eigenvalue weighted by Gasteiger charge is 2.15. The molecule has 0 aliphatic carbocycles. The predicted molar refractivity (Wildman–Crippen MR) is 54.7 cm³/mol. The molecule has 0 spiro atoms. The number of aryl methyl sites for hydroxylation is 1. The van der Waals surface area contributed by atoms with Crippen LogP contribution in [0.3, 0.4) is 0 Å². The molecule has 0 bridgehead atoms. The Hall–Kier alpha value is -0.810. The van der Waals surface area contributed by atoms with Crippen molar-refractivity contribution in [3.63, 3.8) is 0 Å². The third kappa shape index (κ3) is 2.85. The lowest BCUT2D eigenvalue weighted by Crippen LogP contribution is -2.09. The first kappa shape index (κ1) is 11.3. The molecule has 0 aromatic carbocycles. The molecule has 5 heteroatoms. The van der Waals surface area contributed by atoms with Crippen molar-refractivity contribution in [3.05, 3.63) is 10.6 Å². The third-order valence-corrected chi connectivity index (χ3v) is 2.54. The minimum Gasteiger partial charge on any atom is -0.374 e. The third-order valence-electron chi connectivity index (χ3n) is 1.73. The monoisotopic (exact) mass is 214 g/mol. The Bertz CT molecular complexity index is 299. The maximum Gasteiger partial charge on any atom is 0.201 e. The number of hydrogen-bond acceptors (Lipinski definition) is 5. The van der Waals surface area contributed by atoms with Gasteiger partial charge in [0.15, 0.2) is 0 Å². The van der Waals surface area contributed by atoms with Gasteiger partial charge in [-0.2, -0.15) is 0 Å². The van der Waals surface area contributed by atoms with E-state index in [-0.39, 0.29) is 12.4 Å². The molecule has 1 aromatic heterocycles. The predicted octanol–water partition coefficient (Wildman–Crippen LogP) is 1.71. The highest BCUT2D eigenvalue weighted by molar-refractivity contribution is 7.08. The van der Waals surface area contributed by atoms with E-state index in [0.29, 0.717) is 11.5 Å². The number of carbonyl (C=O) groups excluding carboxylic acids is 1. The number of aromatic nitrogens is 2. The molecule has 14 heavy (non-hydrogen) atoms. The topological polar surface area (TPSA) is 52.1 Å². The zero-order valence-electron chi connectivity index (χ0n) is 8.45. The van der Waals surface area contributed by atoms with Crippen molar-refractivity contribution in [2.75, 3.05) is 13.2 Å². The van der Waals surface area contributed by atoms with Crippen LogP contribution in [0.5, 0.6) is 0 Å². The molecule has 0 unspecified atom stereocenters. The van der Waals surface area contributed by atoms with Crippen molar-refractivity contribution in [2.45, 2.75) is 26.7 Å². The van der Waals surface area contributed by atoms with Crippen LogP contribution in [-0.4, -0.2) is 28.6 Å². The second-order valence-electron chi connectivity index (χ2n) is 2.86. The number of carbonyl (C=O) groups is 1. The molecule has 0 fully saturated rings. The van der Waals surface area contributed by atoms with Crippen molar-refractivity contribution in [1.82, 2.24) is 9.59 Å².